The summed E-state index contributed by atoms with van der Waals surface area (Å²) in [7, 11) is 1.90. The number of nitrogens with zero attached hydrogens (tertiary/aromatic N) is 4. The van der Waals surface area contributed by atoms with Crippen LogP contribution in [0.25, 0.3) is 0 Å². The summed E-state index contributed by atoms with van der Waals surface area (Å²) in [6, 6.07) is 2.05. The summed E-state index contributed by atoms with van der Waals surface area (Å²) < 4.78 is 5.74. The first kappa shape index (κ1) is 12.9. The van der Waals surface area contributed by atoms with Gasteiger partial charge < -0.3 is 5.32 Å². The molecular formula is C11H12ClN5S. The monoisotopic (exact) mass is 281 g/mol. The second kappa shape index (κ2) is 5.38. The van der Waals surface area contributed by atoms with E-state index in [1.807, 2.05) is 19.3 Å². The second-order valence-corrected chi connectivity index (χ2v) is 4.90. The summed E-state index contributed by atoms with van der Waals surface area (Å²) in [5, 5.41) is 17.5. The fourth-order valence-electron chi connectivity index (χ4n) is 1.69. The fraction of sp³-hybridized carbons (Fsp3) is 0.364. The molecule has 2 aromatic heterocycles. The Balaban J connectivity index is 2.14. The quantitative estimate of drug-likeness (QED) is 0.935. The van der Waals surface area contributed by atoms with Crippen LogP contribution < -0.4 is 5.32 Å². The molecule has 0 radical (unpaired) electrons. The second-order valence-electron chi connectivity index (χ2n) is 3.77. The highest BCUT2D eigenvalue weighted by Crippen LogP contribution is 2.28. The van der Waals surface area contributed by atoms with Crippen molar-refractivity contribution in [3.63, 3.8) is 0 Å². The van der Waals surface area contributed by atoms with Crippen molar-refractivity contribution in [1.29, 1.82) is 5.26 Å². The zero-order chi connectivity index (χ0) is 13.1. The molecule has 0 spiro atoms. The number of hydrogen-bond acceptors (Lipinski definition) is 5. The number of nitrogens with one attached hydrogen (secondary N) is 1. The molecule has 0 bridgehead atoms. The molecule has 0 saturated carbocycles. The van der Waals surface area contributed by atoms with Crippen LogP contribution in [-0.2, 0) is 20.0 Å². The van der Waals surface area contributed by atoms with E-state index in [1.54, 1.807) is 4.68 Å². The molecule has 0 aliphatic carbocycles. The number of rotatable bonds is 4. The highest BCUT2D eigenvalue weighted by Gasteiger charge is 2.12. The van der Waals surface area contributed by atoms with Gasteiger partial charge in [0.2, 0.25) is 0 Å². The average molecular weight is 282 g/mol. The molecule has 0 aromatic carbocycles. The molecular weight excluding hydrogens is 270 g/mol. The molecule has 94 valence electrons. The Bertz CT molecular complexity index is 595. The van der Waals surface area contributed by atoms with Crippen LogP contribution in [0.3, 0.4) is 0 Å². The minimum atomic E-state index is 0.256. The lowest BCUT2D eigenvalue weighted by Crippen LogP contribution is -2.00. The van der Waals surface area contributed by atoms with Gasteiger partial charge in [-0.05, 0) is 18.0 Å². The van der Waals surface area contributed by atoms with Crippen molar-refractivity contribution in [3.05, 3.63) is 28.2 Å². The molecule has 1 N–H and O–H groups in total. The summed E-state index contributed by atoms with van der Waals surface area (Å²) in [6.07, 6.45) is 2.85. The Morgan fingerprint density at radius 3 is 3.06 bits per heavy atom. The van der Waals surface area contributed by atoms with Gasteiger partial charge in [0.25, 0.3) is 0 Å². The molecule has 18 heavy (non-hydrogen) atoms. The Kier molecular flexibility index (Phi) is 3.84. The van der Waals surface area contributed by atoms with Gasteiger partial charge in [-0.25, -0.2) is 0 Å². The Labute approximate surface area is 114 Å². The fourth-order valence-corrected chi connectivity index (χ4v) is 2.62. The van der Waals surface area contributed by atoms with E-state index in [2.05, 4.69) is 21.7 Å². The first-order valence-corrected chi connectivity index (χ1v) is 6.61. The summed E-state index contributed by atoms with van der Waals surface area (Å²) in [5.41, 5.74) is 2.58. The van der Waals surface area contributed by atoms with Crippen molar-refractivity contribution in [2.75, 3.05) is 5.32 Å². The first-order chi connectivity index (χ1) is 8.65. The van der Waals surface area contributed by atoms with Crippen LogP contribution in [0.1, 0.15) is 23.7 Å². The van der Waals surface area contributed by atoms with E-state index in [1.165, 1.54) is 11.5 Å². The van der Waals surface area contributed by atoms with E-state index in [9.17, 15) is 0 Å². The summed E-state index contributed by atoms with van der Waals surface area (Å²) in [5.74, 6) is 0. The molecule has 2 aromatic rings. The lowest BCUT2D eigenvalue weighted by atomic mass is 10.2. The third kappa shape index (κ3) is 2.47. The highest BCUT2D eigenvalue weighted by molar-refractivity contribution is 7.10. The van der Waals surface area contributed by atoms with Gasteiger partial charge in [-0.1, -0.05) is 18.5 Å². The van der Waals surface area contributed by atoms with E-state index in [-0.39, 0.29) is 5.15 Å². The van der Waals surface area contributed by atoms with Gasteiger partial charge in [0, 0.05) is 25.4 Å². The van der Waals surface area contributed by atoms with Crippen LogP contribution in [0.15, 0.2) is 6.20 Å². The number of aryl methyl sites for hydroxylation is 2. The van der Waals surface area contributed by atoms with Gasteiger partial charge in [0.15, 0.2) is 5.15 Å². The summed E-state index contributed by atoms with van der Waals surface area (Å²) >= 11 is 7.01. The molecule has 7 heteroatoms. The van der Waals surface area contributed by atoms with Crippen molar-refractivity contribution in [1.82, 2.24) is 14.2 Å². The number of hydrogen-bond donors (Lipinski definition) is 1. The SMILES string of the molecule is CCc1nn(C)cc1CNc1snc(Cl)c1C#N. The molecule has 0 unspecified atom stereocenters. The third-order valence-corrected chi connectivity index (χ3v) is 3.71. The lowest BCUT2D eigenvalue weighted by molar-refractivity contribution is 0.746. The van der Waals surface area contributed by atoms with E-state index in [0.29, 0.717) is 17.1 Å². The molecule has 0 fully saturated rings. The van der Waals surface area contributed by atoms with Crippen LogP contribution in [0.2, 0.25) is 5.15 Å². The number of aromatic nitrogens is 3. The number of anilines is 1. The van der Waals surface area contributed by atoms with Gasteiger partial charge >= 0.3 is 0 Å². The zero-order valence-electron chi connectivity index (χ0n) is 10.1. The molecule has 0 saturated heterocycles. The Morgan fingerprint density at radius 2 is 2.39 bits per heavy atom. The predicted molar refractivity (Wildman–Crippen MR) is 71.8 cm³/mol. The van der Waals surface area contributed by atoms with Gasteiger partial charge in [0.05, 0.1) is 5.69 Å². The Hall–Kier alpha value is -1.58. The van der Waals surface area contributed by atoms with Crippen molar-refractivity contribution in [2.24, 2.45) is 7.05 Å². The van der Waals surface area contributed by atoms with E-state index in [0.717, 1.165) is 17.7 Å². The topological polar surface area (TPSA) is 66.5 Å². The summed E-state index contributed by atoms with van der Waals surface area (Å²) in [4.78, 5) is 0. The molecule has 0 aliphatic heterocycles. The zero-order valence-corrected chi connectivity index (χ0v) is 11.6. The van der Waals surface area contributed by atoms with Crippen molar-refractivity contribution < 1.29 is 0 Å². The maximum Gasteiger partial charge on any atom is 0.162 e. The van der Waals surface area contributed by atoms with E-state index >= 15 is 0 Å². The smallest absolute Gasteiger partial charge is 0.162 e. The maximum absolute atomic E-state index is 8.97. The normalized spacial score (nSPS) is 10.3. The highest BCUT2D eigenvalue weighted by atomic mass is 35.5. The van der Waals surface area contributed by atoms with Crippen LogP contribution in [-0.4, -0.2) is 14.2 Å². The molecule has 0 aliphatic rings. The van der Waals surface area contributed by atoms with Gasteiger partial charge in [0.1, 0.15) is 16.6 Å². The third-order valence-electron chi connectivity index (χ3n) is 2.53. The lowest BCUT2D eigenvalue weighted by Gasteiger charge is -2.02. The molecule has 2 rings (SSSR count). The largest absolute Gasteiger partial charge is 0.370 e. The molecule has 2 heterocycles. The van der Waals surface area contributed by atoms with Crippen molar-refractivity contribution in [3.8, 4) is 6.07 Å². The van der Waals surface area contributed by atoms with Crippen LogP contribution in [0, 0.1) is 11.3 Å². The summed E-state index contributed by atoms with van der Waals surface area (Å²) in [6.45, 7) is 2.68. The van der Waals surface area contributed by atoms with E-state index < -0.39 is 0 Å². The standard InChI is InChI=1S/C11H12ClN5S/c1-3-9-7(6-17(2)15-9)5-14-11-8(4-13)10(12)16-18-11/h6,14H,3,5H2,1-2H3. The number of halogens is 1. The van der Waals surface area contributed by atoms with Crippen molar-refractivity contribution in [2.45, 2.75) is 19.9 Å². The minimum Gasteiger partial charge on any atom is -0.370 e. The van der Waals surface area contributed by atoms with Gasteiger partial charge in [-0.3, -0.25) is 4.68 Å². The minimum absolute atomic E-state index is 0.256. The predicted octanol–water partition coefficient (Wildman–Crippen LogP) is 2.58. The van der Waals surface area contributed by atoms with Crippen LogP contribution >= 0.6 is 23.1 Å². The van der Waals surface area contributed by atoms with Gasteiger partial charge in [-0.15, -0.1) is 0 Å². The number of nitriles is 1. The van der Waals surface area contributed by atoms with Crippen LogP contribution in [0.5, 0.6) is 0 Å². The Morgan fingerprint density at radius 1 is 1.61 bits per heavy atom. The molecule has 0 atom stereocenters. The van der Waals surface area contributed by atoms with E-state index in [4.69, 9.17) is 16.9 Å². The van der Waals surface area contributed by atoms with Crippen LogP contribution in [0.4, 0.5) is 5.00 Å². The van der Waals surface area contributed by atoms with Crippen molar-refractivity contribution >= 4 is 28.1 Å². The molecule has 0 amide bonds. The molecule has 5 nitrogen and oxygen atoms in total. The maximum atomic E-state index is 8.97. The van der Waals surface area contributed by atoms with Gasteiger partial charge in [-0.2, -0.15) is 14.7 Å². The average Bonchev–Trinajstić information content (AvgIpc) is 2.89. The first-order valence-electron chi connectivity index (χ1n) is 5.46.